The number of amides is 2. The summed E-state index contributed by atoms with van der Waals surface area (Å²) in [7, 11) is 0. The van der Waals surface area contributed by atoms with Crippen molar-refractivity contribution in [1.82, 2.24) is 20.1 Å². The highest BCUT2D eigenvalue weighted by Crippen LogP contribution is 2.46. The van der Waals surface area contributed by atoms with Crippen LogP contribution in [0.5, 0.6) is 0 Å². The Morgan fingerprint density at radius 3 is 2.77 bits per heavy atom. The fraction of sp³-hybridized carbons (Fsp3) is 0.545. The number of hydrogen-bond donors (Lipinski definition) is 3. The third kappa shape index (κ3) is 4.32. The quantitative estimate of drug-likeness (QED) is 0.668. The van der Waals surface area contributed by atoms with Gasteiger partial charge < -0.3 is 15.7 Å². The molecular formula is C22H28ClN5O3. The van der Waals surface area contributed by atoms with E-state index in [1.807, 2.05) is 13.8 Å². The zero-order chi connectivity index (χ0) is 22.3. The molecular weight excluding hydrogens is 418 g/mol. The van der Waals surface area contributed by atoms with Crippen LogP contribution in [-0.2, 0) is 16.1 Å². The molecule has 1 fully saturated rings. The van der Waals surface area contributed by atoms with Crippen LogP contribution < -0.4 is 10.6 Å². The number of hydrogen-bond acceptors (Lipinski definition) is 5. The summed E-state index contributed by atoms with van der Waals surface area (Å²) < 4.78 is 1.80. The zero-order valence-electron chi connectivity index (χ0n) is 18.0. The van der Waals surface area contributed by atoms with E-state index in [0.717, 1.165) is 30.5 Å². The number of halogens is 1. The van der Waals surface area contributed by atoms with Crippen LogP contribution in [0, 0.1) is 11.3 Å². The van der Waals surface area contributed by atoms with Gasteiger partial charge in [-0.3, -0.25) is 14.3 Å². The number of nitrogens with zero attached hydrogens (tertiary/aromatic N) is 3. The van der Waals surface area contributed by atoms with Crippen molar-refractivity contribution in [3.05, 3.63) is 29.2 Å². The summed E-state index contributed by atoms with van der Waals surface area (Å²) in [5.74, 6) is 0.0265. The molecule has 3 N–H and O–H groups in total. The number of rotatable bonds is 4. The summed E-state index contributed by atoms with van der Waals surface area (Å²) in [6, 6.07) is 1.75. The monoisotopic (exact) mass is 445 g/mol. The first kappa shape index (κ1) is 21.8. The molecule has 4 rings (SSSR count). The predicted octanol–water partition coefficient (Wildman–Crippen LogP) is 3.31. The third-order valence-corrected chi connectivity index (χ3v) is 6.59. The molecule has 2 aliphatic rings. The molecule has 0 aromatic carbocycles. The van der Waals surface area contributed by atoms with E-state index in [4.69, 9.17) is 11.6 Å². The number of aliphatic hydroxyl groups is 1. The molecule has 2 aromatic heterocycles. The largest absolute Gasteiger partial charge is 0.386 e. The van der Waals surface area contributed by atoms with Crippen LogP contribution in [0.1, 0.15) is 58.3 Å². The predicted molar refractivity (Wildman–Crippen MR) is 117 cm³/mol. The summed E-state index contributed by atoms with van der Waals surface area (Å²) in [5, 5.41) is 21.4. The van der Waals surface area contributed by atoms with Gasteiger partial charge in [0.2, 0.25) is 11.8 Å². The minimum Gasteiger partial charge on any atom is -0.386 e. The zero-order valence-corrected chi connectivity index (χ0v) is 18.7. The number of carbonyl (C=O) groups is 2. The van der Waals surface area contributed by atoms with Gasteiger partial charge in [-0.2, -0.15) is 5.10 Å². The Balaban J connectivity index is 1.54. The SMILES string of the molecule is CC(=O)NC1CCC[C@@H](C(=O)Nc2cc(-c3cnn4c3C(O)C(C)(C)C4)c(Cl)cn2)C1. The van der Waals surface area contributed by atoms with E-state index in [1.54, 1.807) is 16.9 Å². The van der Waals surface area contributed by atoms with Crippen LogP contribution in [0.2, 0.25) is 5.02 Å². The maximum atomic E-state index is 12.9. The highest BCUT2D eigenvalue weighted by atomic mass is 35.5. The van der Waals surface area contributed by atoms with Gasteiger partial charge in [0.15, 0.2) is 0 Å². The van der Waals surface area contributed by atoms with E-state index < -0.39 is 6.10 Å². The van der Waals surface area contributed by atoms with Crippen LogP contribution in [0.4, 0.5) is 5.82 Å². The van der Waals surface area contributed by atoms with Crippen LogP contribution in [0.15, 0.2) is 18.5 Å². The molecule has 3 heterocycles. The minimum atomic E-state index is -0.666. The van der Waals surface area contributed by atoms with E-state index in [0.29, 0.717) is 29.4 Å². The first-order chi connectivity index (χ1) is 14.7. The number of carbonyl (C=O) groups excluding carboxylic acids is 2. The molecule has 0 bridgehead atoms. The van der Waals surface area contributed by atoms with Crippen molar-refractivity contribution in [2.45, 2.75) is 65.1 Å². The first-order valence-corrected chi connectivity index (χ1v) is 11.0. The number of aromatic nitrogens is 3. The molecule has 1 saturated carbocycles. The van der Waals surface area contributed by atoms with Crippen LogP contribution >= 0.6 is 11.6 Å². The maximum absolute atomic E-state index is 12.9. The molecule has 1 aliphatic heterocycles. The molecule has 1 aliphatic carbocycles. The fourth-order valence-corrected chi connectivity index (χ4v) is 4.85. The molecule has 166 valence electrons. The second-order valence-electron chi connectivity index (χ2n) is 9.29. The van der Waals surface area contributed by atoms with Crippen molar-refractivity contribution in [2.24, 2.45) is 11.3 Å². The summed E-state index contributed by atoms with van der Waals surface area (Å²) in [6.45, 7) is 6.10. The van der Waals surface area contributed by atoms with E-state index in [-0.39, 0.29) is 29.2 Å². The minimum absolute atomic E-state index is 0.0237. The highest BCUT2D eigenvalue weighted by Gasteiger charge is 2.41. The van der Waals surface area contributed by atoms with Crippen LogP contribution in [0.25, 0.3) is 11.1 Å². The number of nitrogens with one attached hydrogen (secondary N) is 2. The summed E-state index contributed by atoms with van der Waals surface area (Å²) >= 11 is 6.43. The number of aliphatic hydroxyl groups excluding tert-OH is 1. The van der Waals surface area contributed by atoms with Crippen molar-refractivity contribution < 1.29 is 14.7 Å². The van der Waals surface area contributed by atoms with E-state index in [9.17, 15) is 14.7 Å². The Morgan fingerprint density at radius 1 is 1.26 bits per heavy atom. The second kappa shape index (κ2) is 8.24. The van der Waals surface area contributed by atoms with Gasteiger partial charge in [0, 0.05) is 48.2 Å². The molecule has 2 unspecified atom stereocenters. The van der Waals surface area contributed by atoms with Crippen LogP contribution in [-0.4, -0.2) is 37.7 Å². The highest BCUT2D eigenvalue weighted by molar-refractivity contribution is 6.33. The summed E-state index contributed by atoms with van der Waals surface area (Å²) in [5.41, 5.74) is 1.82. The average molecular weight is 446 g/mol. The Hall–Kier alpha value is -2.45. The molecule has 3 atom stereocenters. The lowest BCUT2D eigenvalue weighted by Gasteiger charge is -2.28. The van der Waals surface area contributed by atoms with Crippen LogP contribution in [0.3, 0.4) is 0 Å². The van der Waals surface area contributed by atoms with E-state index >= 15 is 0 Å². The lowest BCUT2D eigenvalue weighted by molar-refractivity contribution is -0.123. The van der Waals surface area contributed by atoms with Crippen molar-refractivity contribution >= 4 is 29.2 Å². The molecule has 2 amide bonds. The van der Waals surface area contributed by atoms with Crippen molar-refractivity contribution in [3.63, 3.8) is 0 Å². The van der Waals surface area contributed by atoms with Gasteiger partial charge in [0.05, 0.1) is 16.9 Å². The standard InChI is InChI=1S/C22H28ClN5O3/c1-12(29)26-14-6-4-5-13(7-14)21(31)27-18-8-15(17(23)10-24-18)16-9-25-28-11-22(2,3)20(30)19(16)28/h8-10,13-14,20,30H,4-7,11H2,1-3H3,(H,26,29)(H,24,27,31)/t13-,14?,20?/m1/s1. The molecule has 0 saturated heterocycles. The molecule has 0 spiro atoms. The average Bonchev–Trinajstić information content (AvgIpc) is 3.20. The maximum Gasteiger partial charge on any atom is 0.228 e. The molecule has 2 aromatic rings. The van der Waals surface area contributed by atoms with Gasteiger partial charge >= 0.3 is 0 Å². The second-order valence-corrected chi connectivity index (χ2v) is 9.70. The van der Waals surface area contributed by atoms with Gasteiger partial charge in [0.1, 0.15) is 11.9 Å². The van der Waals surface area contributed by atoms with Gasteiger partial charge in [-0.05, 0) is 25.3 Å². The Kier molecular flexibility index (Phi) is 5.79. The topological polar surface area (TPSA) is 109 Å². The number of fused-ring (bicyclic) bond motifs is 1. The summed E-state index contributed by atoms with van der Waals surface area (Å²) in [4.78, 5) is 28.5. The Morgan fingerprint density at radius 2 is 2.03 bits per heavy atom. The van der Waals surface area contributed by atoms with E-state index in [1.165, 1.54) is 13.1 Å². The third-order valence-electron chi connectivity index (χ3n) is 6.29. The van der Waals surface area contributed by atoms with Gasteiger partial charge in [-0.25, -0.2) is 4.98 Å². The molecule has 31 heavy (non-hydrogen) atoms. The number of pyridine rings is 1. The van der Waals surface area contributed by atoms with Crippen molar-refractivity contribution in [2.75, 3.05) is 5.32 Å². The Bertz CT molecular complexity index is 1020. The van der Waals surface area contributed by atoms with Crippen molar-refractivity contribution in [1.29, 1.82) is 0 Å². The lowest BCUT2D eigenvalue weighted by atomic mass is 9.85. The van der Waals surface area contributed by atoms with Gasteiger partial charge in [0.25, 0.3) is 0 Å². The first-order valence-electron chi connectivity index (χ1n) is 10.6. The molecule has 0 radical (unpaired) electrons. The van der Waals surface area contributed by atoms with Gasteiger partial charge in [-0.1, -0.05) is 31.9 Å². The lowest BCUT2D eigenvalue weighted by Crippen LogP contribution is -2.40. The fourth-order valence-electron chi connectivity index (χ4n) is 4.65. The summed E-state index contributed by atoms with van der Waals surface area (Å²) in [6.07, 6.45) is 5.70. The molecule has 8 nitrogen and oxygen atoms in total. The van der Waals surface area contributed by atoms with E-state index in [2.05, 4.69) is 20.7 Å². The van der Waals surface area contributed by atoms with Crippen molar-refractivity contribution in [3.8, 4) is 11.1 Å². The number of anilines is 1. The smallest absolute Gasteiger partial charge is 0.228 e. The van der Waals surface area contributed by atoms with Gasteiger partial charge in [-0.15, -0.1) is 0 Å². The molecule has 9 heteroatoms. The Labute approximate surface area is 186 Å². The normalized spacial score (nSPS) is 24.5.